The number of hydrogen-bond donors (Lipinski definition) is 0. The van der Waals surface area contributed by atoms with Gasteiger partial charge in [-0.25, -0.2) is 13.4 Å². The van der Waals surface area contributed by atoms with Crippen molar-refractivity contribution in [3.8, 4) is 22.6 Å². The van der Waals surface area contributed by atoms with E-state index in [1.807, 2.05) is 67.5 Å². The van der Waals surface area contributed by atoms with E-state index in [0.717, 1.165) is 39.0 Å². The number of nitrogens with zero attached hydrogens (tertiary/aromatic N) is 3. The highest BCUT2D eigenvalue weighted by Crippen LogP contribution is 2.78. The highest BCUT2D eigenvalue weighted by molar-refractivity contribution is 8.00. The molecule has 0 atom stereocenters. The van der Waals surface area contributed by atoms with E-state index in [0.29, 0.717) is 11.5 Å². The molecule has 0 N–H and O–H groups in total. The number of hydrogen-bond acceptors (Lipinski definition) is 6. The fourth-order valence-corrected chi connectivity index (χ4v) is 9.80. The lowest BCUT2D eigenvalue weighted by Crippen LogP contribution is -2.47. The molecule has 0 aliphatic heterocycles. The largest absolute Gasteiger partial charge is 0.487 e. The minimum atomic E-state index is -3.24. The van der Waals surface area contributed by atoms with Crippen molar-refractivity contribution in [1.29, 1.82) is 0 Å². The molecule has 6 nitrogen and oxygen atoms in total. The topological polar surface area (TPSA) is 74.1 Å². The minimum Gasteiger partial charge on any atom is -0.487 e. The van der Waals surface area contributed by atoms with Gasteiger partial charge in [-0.1, -0.05) is 85.4 Å². The summed E-state index contributed by atoms with van der Waals surface area (Å²) in [4.78, 5) is 9.75. The second kappa shape index (κ2) is 11.0. The molecule has 0 spiro atoms. The molecule has 2 aromatic carbocycles. The van der Waals surface area contributed by atoms with Crippen molar-refractivity contribution in [2.24, 2.45) is 21.7 Å². The van der Waals surface area contributed by atoms with Gasteiger partial charge in [0.25, 0.3) is 0 Å². The van der Waals surface area contributed by atoms with Gasteiger partial charge in [-0.05, 0) is 88.6 Å². The predicted octanol–water partition coefficient (Wildman–Crippen LogP) is 9.19. The molecule has 0 bridgehead atoms. The number of rotatable bonds is 8. The van der Waals surface area contributed by atoms with Gasteiger partial charge in [0.15, 0.2) is 15.0 Å². The number of pyridine rings is 1. The Bertz CT molecular complexity index is 1790. The first-order chi connectivity index (χ1) is 20.8. The van der Waals surface area contributed by atoms with Gasteiger partial charge in [-0.3, -0.25) is 9.55 Å². The molecule has 2 heterocycles. The lowest BCUT2D eigenvalue weighted by atomic mass is 9.57. The number of imidazole rings is 1. The number of sulfone groups is 1. The Morgan fingerprint density at radius 3 is 1.98 bits per heavy atom. The van der Waals surface area contributed by atoms with Gasteiger partial charge < -0.3 is 4.74 Å². The van der Waals surface area contributed by atoms with Crippen molar-refractivity contribution >= 4 is 21.6 Å². The lowest BCUT2D eigenvalue weighted by molar-refractivity contribution is 0.0135. The maximum Gasteiger partial charge on any atom is 0.175 e. The fourth-order valence-electron chi connectivity index (χ4n) is 7.37. The molecule has 1 fully saturated rings. The van der Waals surface area contributed by atoms with Gasteiger partial charge in [0, 0.05) is 17.2 Å². The highest BCUT2D eigenvalue weighted by Gasteiger charge is 2.74. The molecule has 8 heteroatoms. The Morgan fingerprint density at radius 2 is 1.44 bits per heavy atom. The molecule has 4 aromatic rings. The van der Waals surface area contributed by atoms with Crippen LogP contribution < -0.4 is 4.74 Å². The maximum atomic E-state index is 11.9. The molecule has 0 unspecified atom stereocenters. The van der Waals surface area contributed by atoms with E-state index >= 15 is 0 Å². The quantitative estimate of drug-likeness (QED) is 0.190. The zero-order chi connectivity index (χ0) is 33.2. The first-order valence-corrected chi connectivity index (χ1v) is 18.2. The molecule has 0 saturated heterocycles. The lowest BCUT2D eigenvalue weighted by Gasteiger charge is -2.49. The molecular formula is C37H47N3O3S2. The van der Waals surface area contributed by atoms with E-state index in [1.165, 1.54) is 6.26 Å². The predicted molar refractivity (Wildman–Crippen MR) is 185 cm³/mol. The van der Waals surface area contributed by atoms with Crippen LogP contribution in [0.3, 0.4) is 0 Å². The highest BCUT2D eigenvalue weighted by atomic mass is 32.2. The number of thioether (sulfide) groups is 1. The third-order valence-electron chi connectivity index (χ3n) is 12.3. The first-order valence-electron chi connectivity index (χ1n) is 15.5. The van der Waals surface area contributed by atoms with Crippen LogP contribution >= 0.6 is 11.8 Å². The first kappa shape index (κ1) is 33.3. The van der Waals surface area contributed by atoms with Gasteiger partial charge in [0.2, 0.25) is 0 Å². The number of aromatic nitrogens is 3. The Kier molecular flexibility index (Phi) is 8.14. The van der Waals surface area contributed by atoms with Crippen LogP contribution in [0.15, 0.2) is 83.2 Å². The molecule has 1 aliphatic rings. The van der Waals surface area contributed by atoms with Gasteiger partial charge in [0.1, 0.15) is 12.4 Å². The summed E-state index contributed by atoms with van der Waals surface area (Å²) in [6.07, 6.45) is 6.82. The van der Waals surface area contributed by atoms with Crippen LogP contribution in [0.25, 0.3) is 16.8 Å². The van der Waals surface area contributed by atoms with Crippen LogP contribution in [0.1, 0.15) is 73.6 Å². The molecule has 45 heavy (non-hydrogen) atoms. The van der Waals surface area contributed by atoms with Crippen LogP contribution in [0, 0.1) is 28.6 Å². The molecule has 0 amide bonds. The van der Waals surface area contributed by atoms with Crippen molar-refractivity contribution in [2.75, 3.05) is 6.26 Å². The zero-order valence-corrected chi connectivity index (χ0v) is 30.2. The summed E-state index contributed by atoms with van der Waals surface area (Å²) < 4.78 is 32.2. The van der Waals surface area contributed by atoms with Gasteiger partial charge in [-0.2, -0.15) is 0 Å². The Hall–Kier alpha value is -3.10. The van der Waals surface area contributed by atoms with Crippen molar-refractivity contribution < 1.29 is 13.2 Å². The normalized spacial score (nSPS) is 19.4. The number of aryl methyl sites for hydroxylation is 1. The van der Waals surface area contributed by atoms with Crippen LogP contribution in [-0.4, -0.2) is 34.0 Å². The zero-order valence-electron chi connectivity index (χ0n) is 28.5. The van der Waals surface area contributed by atoms with Crippen molar-refractivity contribution in [1.82, 2.24) is 14.5 Å². The average Bonchev–Trinajstić information content (AvgIpc) is 3.39. The van der Waals surface area contributed by atoms with Crippen LogP contribution in [-0.2, 0) is 16.4 Å². The molecule has 0 radical (unpaired) electrons. The third-order valence-corrected chi connectivity index (χ3v) is 15.3. The van der Waals surface area contributed by atoms with E-state index in [4.69, 9.17) is 9.72 Å². The second-order valence-electron chi connectivity index (χ2n) is 14.8. The molecule has 1 saturated carbocycles. The van der Waals surface area contributed by atoms with E-state index < -0.39 is 9.84 Å². The Labute approximate surface area is 274 Å². The van der Waals surface area contributed by atoms with Gasteiger partial charge >= 0.3 is 0 Å². The second-order valence-corrected chi connectivity index (χ2v) is 18.2. The van der Waals surface area contributed by atoms with Gasteiger partial charge in [0.05, 0.1) is 28.7 Å². The molecule has 5 rings (SSSR count). The molecule has 2 aromatic heterocycles. The molecule has 240 valence electrons. The van der Waals surface area contributed by atoms with Gasteiger partial charge in [-0.15, -0.1) is 0 Å². The summed E-state index contributed by atoms with van der Waals surface area (Å²) in [6, 6.07) is 17.0. The summed E-state index contributed by atoms with van der Waals surface area (Å²) in [5, 5.41) is 0.933. The molecular weight excluding hydrogens is 599 g/mol. The Balaban J connectivity index is 1.46. The number of benzene rings is 2. The monoisotopic (exact) mass is 645 g/mol. The average molecular weight is 646 g/mol. The van der Waals surface area contributed by atoms with Crippen molar-refractivity contribution in [3.05, 3.63) is 84.4 Å². The van der Waals surface area contributed by atoms with E-state index in [-0.39, 0.29) is 26.4 Å². The van der Waals surface area contributed by atoms with Crippen LogP contribution in [0.4, 0.5) is 0 Å². The standard InChI is InChI=1S/C37H47N3O3S2/c1-25-21-29(16-19-31(25)26-14-17-30(18-15-26)45(11,41)42)43-24-28-23-39-32(40(28)27-13-12-20-38-22-27)44-37(10)35(6,7)33(2,3)34(4,5)36(37,8)9/h12-23H,24H2,1-11H3. The van der Waals surface area contributed by atoms with E-state index in [2.05, 4.69) is 77.9 Å². The van der Waals surface area contributed by atoms with Crippen LogP contribution in [0.5, 0.6) is 5.75 Å². The minimum absolute atomic E-state index is 0.00949. The van der Waals surface area contributed by atoms with Crippen molar-refractivity contribution in [2.45, 2.75) is 90.6 Å². The van der Waals surface area contributed by atoms with Crippen molar-refractivity contribution in [3.63, 3.8) is 0 Å². The third kappa shape index (κ3) is 5.12. The summed E-state index contributed by atoms with van der Waals surface area (Å²) in [5.41, 5.74) is 5.05. The van der Waals surface area contributed by atoms with E-state index in [1.54, 1.807) is 18.3 Å². The summed E-state index contributed by atoms with van der Waals surface area (Å²) in [7, 11) is -3.24. The fraction of sp³-hybridized carbons (Fsp3) is 0.459. The van der Waals surface area contributed by atoms with Crippen LogP contribution in [0.2, 0.25) is 0 Å². The Morgan fingerprint density at radius 1 is 0.822 bits per heavy atom. The summed E-state index contributed by atoms with van der Waals surface area (Å²) >= 11 is 1.87. The summed E-state index contributed by atoms with van der Waals surface area (Å²) in [6.45, 7) is 24.2. The number of ether oxygens (including phenoxy) is 1. The SMILES string of the molecule is Cc1cc(OCc2cnc(SC3(C)C(C)(C)C(C)(C)C(C)(C)C3(C)C)n2-c2cccnc2)ccc1-c1ccc(S(C)(=O)=O)cc1. The maximum absolute atomic E-state index is 11.9. The smallest absolute Gasteiger partial charge is 0.175 e. The summed E-state index contributed by atoms with van der Waals surface area (Å²) in [5.74, 6) is 0.755. The van der Waals surface area contributed by atoms with E-state index in [9.17, 15) is 8.42 Å². The molecule has 1 aliphatic carbocycles.